The highest BCUT2D eigenvalue weighted by Gasteiger charge is 2.19. The molecule has 0 radical (unpaired) electrons. The molecule has 0 aliphatic rings. The quantitative estimate of drug-likeness (QED) is 0.221. The number of hydrogen-bond donors (Lipinski definition) is 0. The standard InChI is InChI=1S/C16H26O7/c1-5-13(20-7-3)15(21-8-4)16(18)23-12-10-19-9-11-22-14(17)6-2/h6H,2,5,7-12H2,1,3-4H3. The third-order valence-electron chi connectivity index (χ3n) is 2.47. The third-order valence-corrected chi connectivity index (χ3v) is 2.47. The fourth-order valence-corrected chi connectivity index (χ4v) is 1.52. The number of rotatable bonds is 13. The minimum Gasteiger partial charge on any atom is -0.494 e. The van der Waals surface area contributed by atoms with Crippen LogP contribution in [0.3, 0.4) is 0 Å². The normalized spacial score (nSPS) is 11.3. The van der Waals surface area contributed by atoms with Gasteiger partial charge in [0, 0.05) is 12.5 Å². The second kappa shape index (κ2) is 13.6. The molecule has 0 atom stereocenters. The van der Waals surface area contributed by atoms with E-state index in [0.29, 0.717) is 25.4 Å². The first kappa shape index (κ1) is 21.0. The van der Waals surface area contributed by atoms with Gasteiger partial charge in [0.05, 0.1) is 26.4 Å². The molecular weight excluding hydrogens is 304 g/mol. The van der Waals surface area contributed by atoms with Crippen molar-refractivity contribution in [3.63, 3.8) is 0 Å². The van der Waals surface area contributed by atoms with Crippen molar-refractivity contribution in [1.82, 2.24) is 0 Å². The Morgan fingerprint density at radius 3 is 2.00 bits per heavy atom. The van der Waals surface area contributed by atoms with Crippen molar-refractivity contribution in [3.05, 3.63) is 24.2 Å². The first-order valence-corrected chi connectivity index (χ1v) is 7.63. The lowest BCUT2D eigenvalue weighted by molar-refractivity contribution is -0.145. The first-order valence-electron chi connectivity index (χ1n) is 7.63. The number of allylic oxidation sites excluding steroid dienone is 1. The molecule has 23 heavy (non-hydrogen) atoms. The van der Waals surface area contributed by atoms with Gasteiger partial charge in [-0.2, -0.15) is 0 Å². The summed E-state index contributed by atoms with van der Waals surface area (Å²) in [5, 5.41) is 0. The van der Waals surface area contributed by atoms with Crippen LogP contribution in [0.15, 0.2) is 24.2 Å². The maximum Gasteiger partial charge on any atom is 0.377 e. The Morgan fingerprint density at radius 2 is 1.48 bits per heavy atom. The van der Waals surface area contributed by atoms with Gasteiger partial charge in [-0.05, 0) is 13.8 Å². The van der Waals surface area contributed by atoms with Crippen LogP contribution >= 0.6 is 0 Å². The maximum absolute atomic E-state index is 12.0. The number of carbonyl (C=O) groups is 2. The van der Waals surface area contributed by atoms with Gasteiger partial charge in [0.15, 0.2) is 0 Å². The molecule has 0 spiro atoms. The van der Waals surface area contributed by atoms with E-state index in [4.69, 9.17) is 23.7 Å². The molecule has 0 fully saturated rings. The molecule has 132 valence electrons. The fourth-order valence-electron chi connectivity index (χ4n) is 1.52. The largest absolute Gasteiger partial charge is 0.494 e. The van der Waals surface area contributed by atoms with E-state index in [1.54, 1.807) is 6.92 Å². The number of esters is 2. The summed E-state index contributed by atoms with van der Waals surface area (Å²) in [5.41, 5.74) is 0. The summed E-state index contributed by atoms with van der Waals surface area (Å²) in [5.74, 6) is -0.526. The fraction of sp³-hybridized carbons (Fsp3) is 0.625. The van der Waals surface area contributed by atoms with Gasteiger partial charge in [0.25, 0.3) is 0 Å². The molecule has 0 amide bonds. The van der Waals surface area contributed by atoms with E-state index >= 15 is 0 Å². The van der Waals surface area contributed by atoms with Gasteiger partial charge in [-0.15, -0.1) is 0 Å². The molecular formula is C16H26O7. The zero-order valence-corrected chi connectivity index (χ0v) is 14.1. The zero-order chi connectivity index (χ0) is 17.5. The van der Waals surface area contributed by atoms with E-state index in [-0.39, 0.29) is 32.2 Å². The van der Waals surface area contributed by atoms with Crippen LogP contribution in [0.1, 0.15) is 27.2 Å². The van der Waals surface area contributed by atoms with Crippen LogP contribution < -0.4 is 0 Å². The van der Waals surface area contributed by atoms with Crippen molar-refractivity contribution in [2.45, 2.75) is 27.2 Å². The Kier molecular flexibility index (Phi) is 12.4. The van der Waals surface area contributed by atoms with Crippen molar-refractivity contribution in [3.8, 4) is 0 Å². The Labute approximate surface area is 137 Å². The van der Waals surface area contributed by atoms with E-state index in [1.165, 1.54) is 0 Å². The van der Waals surface area contributed by atoms with Crippen molar-refractivity contribution < 1.29 is 33.3 Å². The second-order valence-corrected chi connectivity index (χ2v) is 4.09. The molecule has 0 saturated heterocycles. The summed E-state index contributed by atoms with van der Waals surface area (Å²) < 4.78 is 25.7. The minimum atomic E-state index is -0.584. The Bertz CT molecular complexity index is 401. The van der Waals surface area contributed by atoms with Crippen LogP contribution in [0.4, 0.5) is 0 Å². The molecule has 0 aromatic rings. The molecule has 0 bridgehead atoms. The molecule has 0 heterocycles. The summed E-state index contributed by atoms with van der Waals surface area (Å²) in [6, 6.07) is 0. The molecule has 0 aliphatic carbocycles. The van der Waals surface area contributed by atoms with E-state index in [1.807, 2.05) is 13.8 Å². The summed E-state index contributed by atoms with van der Waals surface area (Å²) in [6.45, 7) is 10.1. The van der Waals surface area contributed by atoms with Gasteiger partial charge in [0.1, 0.15) is 19.0 Å². The topological polar surface area (TPSA) is 80.3 Å². The highest BCUT2D eigenvalue weighted by atomic mass is 16.6. The monoisotopic (exact) mass is 330 g/mol. The van der Waals surface area contributed by atoms with Gasteiger partial charge in [-0.3, -0.25) is 0 Å². The summed E-state index contributed by atoms with van der Waals surface area (Å²) >= 11 is 0. The molecule has 0 aromatic heterocycles. The SMILES string of the molecule is C=CC(=O)OCCOCCOC(=O)C(OCC)=C(CC)OCC. The predicted molar refractivity (Wildman–Crippen MR) is 83.5 cm³/mol. The average molecular weight is 330 g/mol. The molecule has 0 saturated carbocycles. The number of hydrogen-bond acceptors (Lipinski definition) is 7. The minimum absolute atomic E-state index is 0.0634. The average Bonchev–Trinajstić information content (AvgIpc) is 2.56. The van der Waals surface area contributed by atoms with E-state index < -0.39 is 11.9 Å². The third kappa shape index (κ3) is 9.57. The van der Waals surface area contributed by atoms with E-state index in [0.717, 1.165) is 6.08 Å². The second-order valence-electron chi connectivity index (χ2n) is 4.09. The smallest absolute Gasteiger partial charge is 0.377 e. The van der Waals surface area contributed by atoms with Crippen molar-refractivity contribution in [2.24, 2.45) is 0 Å². The lowest BCUT2D eigenvalue weighted by Crippen LogP contribution is -2.18. The van der Waals surface area contributed by atoms with Gasteiger partial charge >= 0.3 is 11.9 Å². The summed E-state index contributed by atoms with van der Waals surface area (Å²) in [4.78, 5) is 22.8. The van der Waals surface area contributed by atoms with Gasteiger partial charge < -0.3 is 23.7 Å². The van der Waals surface area contributed by atoms with Crippen LogP contribution in [-0.2, 0) is 33.3 Å². The van der Waals surface area contributed by atoms with E-state index in [2.05, 4.69) is 6.58 Å². The van der Waals surface area contributed by atoms with Crippen molar-refractivity contribution >= 4 is 11.9 Å². The van der Waals surface area contributed by atoms with Gasteiger partial charge in [0.2, 0.25) is 5.76 Å². The van der Waals surface area contributed by atoms with Crippen molar-refractivity contribution in [1.29, 1.82) is 0 Å². The molecule has 0 N–H and O–H groups in total. The molecule has 7 heteroatoms. The number of ether oxygens (including phenoxy) is 5. The predicted octanol–water partition coefficient (Wildman–Crippen LogP) is 1.97. The lowest BCUT2D eigenvalue weighted by Gasteiger charge is -2.14. The van der Waals surface area contributed by atoms with Gasteiger partial charge in [-0.25, -0.2) is 9.59 Å². The van der Waals surface area contributed by atoms with Crippen molar-refractivity contribution in [2.75, 3.05) is 39.6 Å². The molecule has 0 unspecified atom stereocenters. The van der Waals surface area contributed by atoms with Crippen LogP contribution in [0.2, 0.25) is 0 Å². The summed E-state index contributed by atoms with van der Waals surface area (Å²) in [7, 11) is 0. The van der Waals surface area contributed by atoms with Crippen LogP contribution in [-0.4, -0.2) is 51.6 Å². The zero-order valence-electron chi connectivity index (χ0n) is 14.1. The highest BCUT2D eigenvalue weighted by molar-refractivity contribution is 5.86. The van der Waals surface area contributed by atoms with Crippen LogP contribution in [0.25, 0.3) is 0 Å². The van der Waals surface area contributed by atoms with E-state index in [9.17, 15) is 9.59 Å². The Hall–Kier alpha value is -2.02. The Balaban J connectivity index is 4.14. The molecule has 0 aliphatic heterocycles. The first-order chi connectivity index (χ1) is 11.1. The molecule has 0 rings (SSSR count). The Morgan fingerprint density at radius 1 is 0.870 bits per heavy atom. The summed E-state index contributed by atoms with van der Waals surface area (Å²) in [6.07, 6.45) is 1.61. The van der Waals surface area contributed by atoms with Gasteiger partial charge in [-0.1, -0.05) is 13.5 Å². The molecule has 0 aromatic carbocycles. The maximum atomic E-state index is 12.0. The number of carbonyl (C=O) groups excluding carboxylic acids is 2. The van der Waals surface area contributed by atoms with Crippen LogP contribution in [0, 0.1) is 0 Å². The highest BCUT2D eigenvalue weighted by Crippen LogP contribution is 2.14. The lowest BCUT2D eigenvalue weighted by atomic mass is 10.3. The van der Waals surface area contributed by atoms with Crippen LogP contribution in [0.5, 0.6) is 0 Å². The molecule has 7 nitrogen and oxygen atoms in total.